The van der Waals surface area contributed by atoms with Crippen LogP contribution >= 0.6 is 27.5 Å². The number of aromatic nitrogens is 1. The van der Waals surface area contributed by atoms with Crippen molar-refractivity contribution >= 4 is 27.5 Å². The van der Waals surface area contributed by atoms with Gasteiger partial charge in [0.05, 0.1) is 10.5 Å². The molecule has 0 aliphatic carbocycles. The van der Waals surface area contributed by atoms with Gasteiger partial charge in [-0.3, -0.25) is 11.3 Å². The Kier molecular flexibility index (Phi) is 4.87. The van der Waals surface area contributed by atoms with Crippen molar-refractivity contribution in [2.45, 2.75) is 12.5 Å². The van der Waals surface area contributed by atoms with Crippen molar-refractivity contribution in [3.63, 3.8) is 0 Å². The molecule has 1 atom stereocenters. The van der Waals surface area contributed by atoms with Crippen molar-refractivity contribution < 1.29 is 4.39 Å². The summed E-state index contributed by atoms with van der Waals surface area (Å²) >= 11 is 9.10. The van der Waals surface area contributed by atoms with Crippen molar-refractivity contribution in [2.24, 2.45) is 5.84 Å². The van der Waals surface area contributed by atoms with Gasteiger partial charge in [0.15, 0.2) is 0 Å². The minimum absolute atomic E-state index is 0.168. The second kappa shape index (κ2) is 6.43. The summed E-state index contributed by atoms with van der Waals surface area (Å²) in [5.41, 5.74) is 4.44. The number of pyridine rings is 1. The Morgan fingerprint density at radius 1 is 1.42 bits per heavy atom. The maximum atomic E-state index is 13.5. The van der Waals surface area contributed by atoms with E-state index in [2.05, 4.69) is 26.3 Å². The van der Waals surface area contributed by atoms with Crippen LogP contribution in [0.4, 0.5) is 4.39 Å². The van der Waals surface area contributed by atoms with E-state index < -0.39 is 0 Å². The third-order valence-corrected chi connectivity index (χ3v) is 3.90. The molecule has 2 rings (SSSR count). The molecule has 0 bridgehead atoms. The van der Waals surface area contributed by atoms with E-state index >= 15 is 0 Å². The fraction of sp³-hybridized carbons (Fsp3) is 0.154. The molecule has 2 aromatic rings. The SMILES string of the molecule is NNC(Cc1cccc(F)c1Br)c1ccnc(Cl)c1. The number of hydrogen-bond donors (Lipinski definition) is 2. The van der Waals surface area contributed by atoms with Gasteiger partial charge in [-0.2, -0.15) is 0 Å². The van der Waals surface area contributed by atoms with E-state index in [1.807, 2.05) is 12.1 Å². The van der Waals surface area contributed by atoms with E-state index in [-0.39, 0.29) is 11.9 Å². The van der Waals surface area contributed by atoms with E-state index in [0.29, 0.717) is 16.0 Å². The fourth-order valence-electron chi connectivity index (χ4n) is 1.83. The zero-order valence-corrected chi connectivity index (χ0v) is 12.2. The van der Waals surface area contributed by atoms with Crippen LogP contribution in [0, 0.1) is 5.82 Å². The van der Waals surface area contributed by atoms with Gasteiger partial charge < -0.3 is 0 Å². The second-order valence-corrected chi connectivity index (χ2v) is 5.23. The minimum Gasteiger partial charge on any atom is -0.271 e. The lowest BCUT2D eigenvalue weighted by atomic mass is 10.0. The summed E-state index contributed by atoms with van der Waals surface area (Å²) in [6.07, 6.45) is 2.15. The van der Waals surface area contributed by atoms with Crippen molar-refractivity contribution in [1.82, 2.24) is 10.4 Å². The molecule has 0 radical (unpaired) electrons. The van der Waals surface area contributed by atoms with Crippen LogP contribution in [0.3, 0.4) is 0 Å². The molecule has 1 heterocycles. The topological polar surface area (TPSA) is 50.9 Å². The highest BCUT2D eigenvalue weighted by atomic mass is 79.9. The van der Waals surface area contributed by atoms with Crippen LogP contribution in [0.1, 0.15) is 17.2 Å². The zero-order chi connectivity index (χ0) is 13.8. The zero-order valence-electron chi connectivity index (χ0n) is 9.91. The normalized spacial score (nSPS) is 12.4. The lowest BCUT2D eigenvalue weighted by molar-refractivity contribution is 0.546. The van der Waals surface area contributed by atoms with Crippen LogP contribution in [0.25, 0.3) is 0 Å². The Morgan fingerprint density at radius 3 is 2.89 bits per heavy atom. The number of nitrogens with zero attached hydrogens (tertiary/aromatic N) is 1. The maximum Gasteiger partial charge on any atom is 0.137 e. The molecule has 0 saturated carbocycles. The number of nitrogens with one attached hydrogen (secondary N) is 1. The molecule has 6 heteroatoms. The fourth-order valence-corrected chi connectivity index (χ4v) is 2.44. The predicted molar refractivity (Wildman–Crippen MR) is 77.1 cm³/mol. The van der Waals surface area contributed by atoms with Gasteiger partial charge in [-0.15, -0.1) is 0 Å². The molecule has 3 nitrogen and oxygen atoms in total. The van der Waals surface area contributed by atoms with Gasteiger partial charge >= 0.3 is 0 Å². The van der Waals surface area contributed by atoms with Gasteiger partial charge in [0.25, 0.3) is 0 Å². The Morgan fingerprint density at radius 2 is 2.21 bits per heavy atom. The van der Waals surface area contributed by atoms with Gasteiger partial charge in [-0.25, -0.2) is 9.37 Å². The van der Waals surface area contributed by atoms with Crippen LogP contribution in [-0.2, 0) is 6.42 Å². The Balaban J connectivity index is 2.26. The van der Waals surface area contributed by atoms with Crippen molar-refractivity contribution in [2.75, 3.05) is 0 Å². The van der Waals surface area contributed by atoms with E-state index in [9.17, 15) is 4.39 Å². The van der Waals surface area contributed by atoms with Crippen LogP contribution in [0.2, 0.25) is 5.15 Å². The van der Waals surface area contributed by atoms with Gasteiger partial charge in [0.2, 0.25) is 0 Å². The number of hydrogen-bond acceptors (Lipinski definition) is 3. The molecule has 100 valence electrons. The Bertz CT molecular complexity index is 580. The highest BCUT2D eigenvalue weighted by Gasteiger charge is 2.14. The summed E-state index contributed by atoms with van der Waals surface area (Å²) < 4.78 is 13.9. The predicted octanol–water partition coefficient (Wildman–Crippen LogP) is 3.38. The Hall–Kier alpha value is -1.01. The van der Waals surface area contributed by atoms with E-state index in [0.717, 1.165) is 11.1 Å². The lowest BCUT2D eigenvalue weighted by Gasteiger charge is -2.17. The van der Waals surface area contributed by atoms with Crippen LogP contribution in [0.5, 0.6) is 0 Å². The van der Waals surface area contributed by atoms with Crippen LogP contribution < -0.4 is 11.3 Å². The average Bonchev–Trinajstić information content (AvgIpc) is 2.40. The maximum absolute atomic E-state index is 13.5. The summed E-state index contributed by atoms with van der Waals surface area (Å²) in [5.74, 6) is 5.28. The average molecular weight is 345 g/mol. The van der Waals surface area contributed by atoms with Crippen LogP contribution in [-0.4, -0.2) is 4.98 Å². The summed E-state index contributed by atoms with van der Waals surface area (Å²) in [4.78, 5) is 3.92. The minimum atomic E-state index is -0.291. The molecule has 0 spiro atoms. The molecule has 1 aromatic carbocycles. The number of hydrazine groups is 1. The molecule has 0 amide bonds. The first kappa shape index (κ1) is 14.4. The monoisotopic (exact) mass is 343 g/mol. The standard InChI is InChI=1S/C13H12BrClFN3/c14-13-9(2-1-3-10(13)16)6-11(19-17)8-4-5-18-12(15)7-8/h1-5,7,11,19H,6,17H2. The quantitative estimate of drug-likeness (QED) is 0.508. The summed E-state index contributed by atoms with van der Waals surface area (Å²) in [6.45, 7) is 0. The van der Waals surface area contributed by atoms with E-state index in [1.54, 1.807) is 18.3 Å². The molecule has 3 N–H and O–H groups in total. The first-order valence-electron chi connectivity index (χ1n) is 5.62. The molecule has 0 saturated heterocycles. The lowest BCUT2D eigenvalue weighted by Crippen LogP contribution is -2.29. The van der Waals surface area contributed by atoms with Crippen molar-refractivity contribution in [3.8, 4) is 0 Å². The number of rotatable bonds is 4. The molecular weight excluding hydrogens is 333 g/mol. The van der Waals surface area contributed by atoms with Gasteiger partial charge in [-0.05, 0) is 51.7 Å². The number of halogens is 3. The molecule has 0 fully saturated rings. The molecule has 19 heavy (non-hydrogen) atoms. The van der Waals surface area contributed by atoms with Gasteiger partial charge in [0, 0.05) is 6.20 Å². The highest BCUT2D eigenvalue weighted by Crippen LogP contribution is 2.26. The summed E-state index contributed by atoms with van der Waals surface area (Å²) in [5, 5.41) is 0.399. The van der Waals surface area contributed by atoms with Crippen molar-refractivity contribution in [3.05, 3.63) is 63.1 Å². The first-order chi connectivity index (χ1) is 9.11. The van der Waals surface area contributed by atoms with Crippen molar-refractivity contribution in [1.29, 1.82) is 0 Å². The third-order valence-electron chi connectivity index (χ3n) is 2.81. The van der Waals surface area contributed by atoms with E-state index in [4.69, 9.17) is 17.4 Å². The third kappa shape index (κ3) is 3.51. The van der Waals surface area contributed by atoms with Gasteiger partial charge in [0.1, 0.15) is 11.0 Å². The number of nitrogens with two attached hydrogens (primary N) is 1. The van der Waals surface area contributed by atoms with Gasteiger partial charge in [-0.1, -0.05) is 23.7 Å². The molecule has 0 aliphatic heterocycles. The number of benzene rings is 1. The second-order valence-electron chi connectivity index (χ2n) is 4.05. The summed E-state index contributed by atoms with van der Waals surface area (Å²) in [7, 11) is 0. The Labute approximate surface area is 124 Å². The smallest absolute Gasteiger partial charge is 0.137 e. The largest absolute Gasteiger partial charge is 0.271 e. The van der Waals surface area contributed by atoms with Crippen LogP contribution in [0.15, 0.2) is 41.0 Å². The first-order valence-corrected chi connectivity index (χ1v) is 6.79. The molecule has 1 aromatic heterocycles. The molecule has 1 unspecified atom stereocenters. The summed E-state index contributed by atoms with van der Waals surface area (Å²) in [6, 6.07) is 8.31. The molecular formula is C13H12BrClFN3. The molecule has 0 aliphatic rings. The van der Waals surface area contributed by atoms with E-state index in [1.165, 1.54) is 6.07 Å². The highest BCUT2D eigenvalue weighted by molar-refractivity contribution is 9.10.